The molecule has 2 heteroatoms. The van der Waals surface area contributed by atoms with Crippen molar-refractivity contribution < 1.29 is 9.47 Å². The van der Waals surface area contributed by atoms with Crippen LogP contribution in [0.2, 0.25) is 0 Å². The molecular formula is C13H20O2. The first-order valence-electron chi connectivity index (χ1n) is 5.49. The summed E-state index contributed by atoms with van der Waals surface area (Å²) in [6, 6.07) is 6.02. The maximum atomic E-state index is 5.71. The van der Waals surface area contributed by atoms with E-state index in [0.29, 0.717) is 5.92 Å². The third kappa shape index (κ3) is 3.15. The quantitative estimate of drug-likeness (QED) is 0.736. The summed E-state index contributed by atoms with van der Waals surface area (Å²) in [7, 11) is 1.67. The van der Waals surface area contributed by atoms with E-state index >= 15 is 0 Å². The highest BCUT2D eigenvalue weighted by molar-refractivity contribution is 5.42. The molecule has 1 aromatic carbocycles. The van der Waals surface area contributed by atoms with Crippen molar-refractivity contribution in [2.75, 3.05) is 13.7 Å². The van der Waals surface area contributed by atoms with Gasteiger partial charge >= 0.3 is 0 Å². The van der Waals surface area contributed by atoms with Crippen LogP contribution in [0, 0.1) is 0 Å². The van der Waals surface area contributed by atoms with Crippen LogP contribution < -0.4 is 9.47 Å². The van der Waals surface area contributed by atoms with Crippen molar-refractivity contribution in [2.45, 2.75) is 33.1 Å². The first kappa shape index (κ1) is 11.9. The third-order valence-corrected chi connectivity index (χ3v) is 2.30. The smallest absolute Gasteiger partial charge is 0.126 e. The molecule has 0 unspecified atom stereocenters. The molecule has 0 saturated heterocycles. The molecule has 1 rings (SSSR count). The van der Waals surface area contributed by atoms with E-state index in [2.05, 4.69) is 26.8 Å². The molecule has 0 heterocycles. The van der Waals surface area contributed by atoms with Gasteiger partial charge in [0.25, 0.3) is 0 Å². The van der Waals surface area contributed by atoms with Gasteiger partial charge in [-0.05, 0) is 24.0 Å². The molecule has 15 heavy (non-hydrogen) atoms. The van der Waals surface area contributed by atoms with Crippen LogP contribution in [-0.2, 0) is 0 Å². The Morgan fingerprint density at radius 1 is 1.27 bits per heavy atom. The Morgan fingerprint density at radius 2 is 2.00 bits per heavy atom. The van der Waals surface area contributed by atoms with Gasteiger partial charge in [-0.2, -0.15) is 0 Å². The average molecular weight is 208 g/mol. The molecule has 0 fully saturated rings. The molecule has 0 spiro atoms. The standard InChI is InChI=1S/C13H20O2/c1-5-8-15-13-9-11(14-4)6-7-12(13)10(2)3/h6-7,9-10H,5,8H2,1-4H3. The van der Waals surface area contributed by atoms with Crippen LogP contribution >= 0.6 is 0 Å². The van der Waals surface area contributed by atoms with E-state index in [0.717, 1.165) is 24.5 Å². The Morgan fingerprint density at radius 3 is 2.53 bits per heavy atom. The first-order chi connectivity index (χ1) is 7.19. The van der Waals surface area contributed by atoms with Crippen LogP contribution in [0.3, 0.4) is 0 Å². The molecule has 2 nitrogen and oxygen atoms in total. The van der Waals surface area contributed by atoms with Gasteiger partial charge in [-0.25, -0.2) is 0 Å². The van der Waals surface area contributed by atoms with E-state index in [1.807, 2.05) is 12.1 Å². The number of hydrogen-bond donors (Lipinski definition) is 0. The third-order valence-electron chi connectivity index (χ3n) is 2.30. The van der Waals surface area contributed by atoms with Gasteiger partial charge in [0.2, 0.25) is 0 Å². The molecule has 84 valence electrons. The van der Waals surface area contributed by atoms with E-state index in [9.17, 15) is 0 Å². The molecule has 0 amide bonds. The summed E-state index contributed by atoms with van der Waals surface area (Å²) in [5.41, 5.74) is 1.24. The molecule has 0 atom stereocenters. The zero-order valence-corrected chi connectivity index (χ0v) is 10.0. The second-order valence-corrected chi connectivity index (χ2v) is 3.91. The zero-order valence-electron chi connectivity index (χ0n) is 10.0. The van der Waals surface area contributed by atoms with E-state index in [1.54, 1.807) is 7.11 Å². The highest BCUT2D eigenvalue weighted by Gasteiger charge is 2.08. The van der Waals surface area contributed by atoms with Gasteiger partial charge in [0.1, 0.15) is 11.5 Å². The fraction of sp³-hybridized carbons (Fsp3) is 0.538. The van der Waals surface area contributed by atoms with E-state index in [1.165, 1.54) is 5.56 Å². The summed E-state index contributed by atoms with van der Waals surface area (Å²) in [5, 5.41) is 0. The number of methoxy groups -OCH3 is 1. The van der Waals surface area contributed by atoms with E-state index < -0.39 is 0 Å². The summed E-state index contributed by atoms with van der Waals surface area (Å²) in [5.74, 6) is 2.28. The molecule has 0 aliphatic rings. The lowest BCUT2D eigenvalue weighted by Gasteiger charge is -2.14. The largest absolute Gasteiger partial charge is 0.497 e. The summed E-state index contributed by atoms with van der Waals surface area (Å²) in [4.78, 5) is 0. The van der Waals surface area contributed by atoms with Crippen LogP contribution in [0.4, 0.5) is 0 Å². The van der Waals surface area contributed by atoms with Gasteiger partial charge in [-0.3, -0.25) is 0 Å². The fourth-order valence-electron chi connectivity index (χ4n) is 1.46. The number of hydrogen-bond acceptors (Lipinski definition) is 2. The molecule has 0 saturated carbocycles. The monoisotopic (exact) mass is 208 g/mol. The Bertz CT molecular complexity index is 305. The van der Waals surface area contributed by atoms with Gasteiger partial charge in [0.05, 0.1) is 13.7 Å². The fourth-order valence-corrected chi connectivity index (χ4v) is 1.46. The molecule has 0 aromatic heterocycles. The summed E-state index contributed by atoms with van der Waals surface area (Å²) in [6.07, 6.45) is 1.02. The van der Waals surface area contributed by atoms with Crippen LogP contribution in [0.25, 0.3) is 0 Å². The molecule has 1 aromatic rings. The molecule has 0 aliphatic carbocycles. The molecule has 0 radical (unpaired) electrons. The lowest BCUT2D eigenvalue weighted by molar-refractivity contribution is 0.310. The molecule has 0 bridgehead atoms. The van der Waals surface area contributed by atoms with Crippen molar-refractivity contribution in [1.82, 2.24) is 0 Å². The topological polar surface area (TPSA) is 18.5 Å². The minimum absolute atomic E-state index is 0.475. The van der Waals surface area contributed by atoms with Gasteiger partial charge < -0.3 is 9.47 Å². The molecular weight excluding hydrogens is 188 g/mol. The Balaban J connectivity index is 2.94. The van der Waals surface area contributed by atoms with Gasteiger partial charge in [0.15, 0.2) is 0 Å². The van der Waals surface area contributed by atoms with E-state index in [4.69, 9.17) is 9.47 Å². The second-order valence-electron chi connectivity index (χ2n) is 3.91. The van der Waals surface area contributed by atoms with Gasteiger partial charge in [-0.15, -0.1) is 0 Å². The van der Waals surface area contributed by atoms with E-state index in [-0.39, 0.29) is 0 Å². The second kappa shape index (κ2) is 5.64. The van der Waals surface area contributed by atoms with Crippen molar-refractivity contribution >= 4 is 0 Å². The van der Waals surface area contributed by atoms with Crippen molar-refractivity contribution in [3.63, 3.8) is 0 Å². The maximum absolute atomic E-state index is 5.71. The SMILES string of the molecule is CCCOc1cc(OC)ccc1C(C)C. The van der Waals surface area contributed by atoms with Crippen molar-refractivity contribution in [3.8, 4) is 11.5 Å². The number of rotatable bonds is 5. The Labute approximate surface area is 92.2 Å². The summed E-state index contributed by atoms with van der Waals surface area (Å²) in [6.45, 7) is 7.20. The molecule has 0 N–H and O–H groups in total. The van der Waals surface area contributed by atoms with Crippen LogP contribution in [0.1, 0.15) is 38.7 Å². The lowest BCUT2D eigenvalue weighted by atomic mass is 10.0. The summed E-state index contributed by atoms with van der Waals surface area (Å²) >= 11 is 0. The summed E-state index contributed by atoms with van der Waals surface area (Å²) < 4.78 is 10.9. The van der Waals surface area contributed by atoms with Crippen molar-refractivity contribution in [3.05, 3.63) is 23.8 Å². The minimum atomic E-state index is 0.475. The predicted octanol–water partition coefficient (Wildman–Crippen LogP) is 3.61. The maximum Gasteiger partial charge on any atom is 0.126 e. The Kier molecular flexibility index (Phi) is 4.47. The van der Waals surface area contributed by atoms with Crippen LogP contribution in [0.15, 0.2) is 18.2 Å². The highest BCUT2D eigenvalue weighted by Crippen LogP contribution is 2.30. The van der Waals surface area contributed by atoms with Crippen molar-refractivity contribution in [2.24, 2.45) is 0 Å². The average Bonchev–Trinajstić information content (AvgIpc) is 2.25. The highest BCUT2D eigenvalue weighted by atomic mass is 16.5. The zero-order chi connectivity index (χ0) is 11.3. The molecule has 0 aliphatic heterocycles. The number of benzene rings is 1. The van der Waals surface area contributed by atoms with Gasteiger partial charge in [-0.1, -0.05) is 26.8 Å². The minimum Gasteiger partial charge on any atom is -0.497 e. The first-order valence-corrected chi connectivity index (χ1v) is 5.49. The predicted molar refractivity (Wildman–Crippen MR) is 62.9 cm³/mol. The lowest BCUT2D eigenvalue weighted by Crippen LogP contribution is -2.00. The van der Waals surface area contributed by atoms with Crippen LogP contribution in [0.5, 0.6) is 11.5 Å². The number of ether oxygens (including phenoxy) is 2. The van der Waals surface area contributed by atoms with Crippen molar-refractivity contribution in [1.29, 1.82) is 0 Å². The normalized spacial score (nSPS) is 10.5. The Hall–Kier alpha value is -1.18. The van der Waals surface area contributed by atoms with Crippen LogP contribution in [-0.4, -0.2) is 13.7 Å². The van der Waals surface area contributed by atoms with Gasteiger partial charge in [0, 0.05) is 6.07 Å².